The molecule has 0 saturated heterocycles. The molecule has 0 aromatic heterocycles. The Bertz CT molecular complexity index is 1940. The van der Waals surface area contributed by atoms with Gasteiger partial charge in [-0.2, -0.15) is 0 Å². The highest BCUT2D eigenvalue weighted by Crippen LogP contribution is 2.54. The minimum atomic E-state index is -0.501. The van der Waals surface area contributed by atoms with Gasteiger partial charge in [0.1, 0.15) is 0 Å². The second-order valence-corrected chi connectivity index (χ2v) is 10.3. The van der Waals surface area contributed by atoms with Crippen LogP contribution in [-0.4, -0.2) is 9.85 Å². The van der Waals surface area contributed by atoms with Crippen LogP contribution in [0.3, 0.4) is 0 Å². The maximum atomic E-state index is 12.7. The molecule has 212 valence electrons. The van der Waals surface area contributed by atoms with Crippen LogP contribution in [-0.2, 0) is 0 Å². The summed E-state index contributed by atoms with van der Waals surface area (Å²) >= 11 is 0. The predicted molar refractivity (Wildman–Crippen MR) is 167 cm³/mol. The van der Waals surface area contributed by atoms with Gasteiger partial charge in [0.15, 0.2) is 23.0 Å². The van der Waals surface area contributed by atoms with Crippen molar-refractivity contribution in [2.75, 3.05) is 9.80 Å². The van der Waals surface area contributed by atoms with Gasteiger partial charge in [-0.1, -0.05) is 48.5 Å². The number of benzene rings is 6. The highest BCUT2D eigenvalue weighted by molar-refractivity contribution is 6.05. The molecule has 10 nitrogen and oxygen atoms in total. The molecule has 2 aliphatic rings. The smallest absolute Gasteiger partial charge is 0.279 e. The fourth-order valence-electron chi connectivity index (χ4n) is 5.92. The van der Waals surface area contributed by atoms with Crippen molar-refractivity contribution >= 4 is 56.3 Å². The van der Waals surface area contributed by atoms with Crippen molar-refractivity contribution in [3.8, 4) is 23.0 Å². The van der Waals surface area contributed by atoms with Gasteiger partial charge < -0.3 is 19.3 Å². The van der Waals surface area contributed by atoms with Crippen LogP contribution in [0.2, 0.25) is 0 Å². The summed E-state index contributed by atoms with van der Waals surface area (Å²) in [5, 5.41) is 25.6. The molecular formula is C34H20N4O6. The molecule has 6 aromatic rings. The molecule has 0 fully saturated rings. The van der Waals surface area contributed by atoms with E-state index in [0.717, 1.165) is 0 Å². The average molecular weight is 581 g/mol. The third-order valence-corrected chi connectivity index (χ3v) is 7.77. The van der Waals surface area contributed by atoms with Gasteiger partial charge in [0, 0.05) is 12.1 Å². The van der Waals surface area contributed by atoms with Gasteiger partial charge in [0.05, 0.1) is 54.7 Å². The minimum Gasteiger partial charge on any atom is -0.453 e. The maximum absolute atomic E-state index is 12.7. The van der Waals surface area contributed by atoms with Crippen molar-refractivity contribution in [1.82, 2.24) is 0 Å². The molecule has 0 N–H and O–H groups in total. The largest absolute Gasteiger partial charge is 0.453 e. The van der Waals surface area contributed by atoms with E-state index in [2.05, 4.69) is 0 Å². The van der Waals surface area contributed by atoms with E-state index < -0.39 is 9.85 Å². The maximum Gasteiger partial charge on any atom is 0.279 e. The van der Waals surface area contributed by atoms with Gasteiger partial charge in [-0.05, 0) is 60.7 Å². The molecule has 0 unspecified atom stereocenters. The van der Waals surface area contributed by atoms with E-state index in [1.807, 2.05) is 82.6 Å². The van der Waals surface area contributed by atoms with Gasteiger partial charge in [-0.15, -0.1) is 0 Å². The Labute approximate surface area is 249 Å². The van der Waals surface area contributed by atoms with Crippen LogP contribution in [0, 0.1) is 20.2 Å². The fourth-order valence-corrected chi connectivity index (χ4v) is 5.92. The van der Waals surface area contributed by atoms with E-state index in [1.165, 1.54) is 12.1 Å². The van der Waals surface area contributed by atoms with Crippen molar-refractivity contribution in [3.05, 3.63) is 142 Å². The second kappa shape index (κ2) is 9.57. The molecule has 0 radical (unpaired) electrons. The minimum absolute atomic E-state index is 0.138. The number of hydrogen-bond acceptors (Lipinski definition) is 8. The van der Waals surface area contributed by atoms with E-state index in [1.54, 1.807) is 36.4 Å². The van der Waals surface area contributed by atoms with Crippen molar-refractivity contribution in [2.45, 2.75) is 0 Å². The molecule has 2 aliphatic heterocycles. The normalized spacial score (nSPS) is 12.7. The summed E-state index contributed by atoms with van der Waals surface area (Å²) in [4.78, 5) is 28.0. The molecule has 0 saturated carbocycles. The molecular weight excluding hydrogens is 560 g/mol. The summed E-state index contributed by atoms with van der Waals surface area (Å²) in [5.41, 5.74) is 2.87. The highest BCUT2D eigenvalue weighted by atomic mass is 16.6. The van der Waals surface area contributed by atoms with Gasteiger partial charge in [-0.3, -0.25) is 20.2 Å². The van der Waals surface area contributed by atoms with Crippen LogP contribution in [0.15, 0.2) is 121 Å². The van der Waals surface area contributed by atoms with Crippen molar-refractivity contribution in [1.29, 1.82) is 0 Å². The summed E-state index contributed by atoms with van der Waals surface area (Å²) in [6.45, 7) is 0. The summed E-state index contributed by atoms with van der Waals surface area (Å²) in [7, 11) is 0. The van der Waals surface area contributed by atoms with Crippen LogP contribution in [0.25, 0.3) is 10.8 Å². The number of nitro benzene ring substituents is 2. The van der Waals surface area contributed by atoms with Gasteiger partial charge in [-0.25, -0.2) is 0 Å². The lowest BCUT2D eigenvalue weighted by Crippen LogP contribution is -2.17. The van der Waals surface area contributed by atoms with Crippen LogP contribution in [0.4, 0.5) is 45.5 Å². The molecule has 6 aromatic carbocycles. The zero-order chi connectivity index (χ0) is 29.9. The Morgan fingerprint density at radius 3 is 1.05 bits per heavy atom. The zero-order valence-electron chi connectivity index (χ0n) is 22.8. The Morgan fingerprint density at radius 2 is 0.750 bits per heavy atom. The van der Waals surface area contributed by atoms with E-state index >= 15 is 0 Å². The van der Waals surface area contributed by atoms with Crippen molar-refractivity contribution < 1.29 is 19.3 Å². The number of para-hydroxylation sites is 8. The van der Waals surface area contributed by atoms with Gasteiger partial charge in [0.25, 0.3) is 11.4 Å². The first kappa shape index (κ1) is 25.3. The lowest BCUT2D eigenvalue weighted by Gasteiger charge is -2.33. The predicted octanol–water partition coefficient (Wildman–Crippen LogP) is 9.81. The van der Waals surface area contributed by atoms with Crippen LogP contribution in [0.5, 0.6) is 23.0 Å². The Balaban J connectivity index is 1.40. The first-order valence-electron chi connectivity index (χ1n) is 13.7. The van der Waals surface area contributed by atoms with Gasteiger partial charge >= 0.3 is 0 Å². The third-order valence-electron chi connectivity index (χ3n) is 7.77. The molecule has 8 rings (SSSR count). The standard InChI is InChI=1S/C34H20N4O6/c39-37(40)29-19-21(35-25-9-1-5-13-31(25)43-32-14-6-2-10-26(32)35)17-23-24(29)18-22(20-30(23)38(41)42)36-27-11-3-7-15-33(27)44-34-16-8-4-12-28(34)36/h1-20H. The zero-order valence-corrected chi connectivity index (χ0v) is 22.8. The molecule has 44 heavy (non-hydrogen) atoms. The first-order valence-corrected chi connectivity index (χ1v) is 13.7. The topological polar surface area (TPSA) is 111 Å². The van der Waals surface area contributed by atoms with E-state index in [0.29, 0.717) is 57.1 Å². The van der Waals surface area contributed by atoms with Gasteiger partial charge in [0.2, 0.25) is 0 Å². The number of nitrogens with zero attached hydrogens (tertiary/aromatic N) is 4. The van der Waals surface area contributed by atoms with E-state index in [-0.39, 0.29) is 22.1 Å². The van der Waals surface area contributed by atoms with Crippen molar-refractivity contribution in [2.24, 2.45) is 0 Å². The lowest BCUT2D eigenvalue weighted by atomic mass is 10.0. The number of anilines is 6. The van der Waals surface area contributed by atoms with Crippen LogP contribution in [0.1, 0.15) is 0 Å². The Kier molecular flexibility index (Phi) is 5.50. The number of hydrogen-bond donors (Lipinski definition) is 0. The molecule has 0 atom stereocenters. The molecule has 0 amide bonds. The summed E-state index contributed by atoms with van der Waals surface area (Å²) in [6.07, 6.45) is 0. The van der Waals surface area contributed by atoms with E-state index in [4.69, 9.17) is 9.47 Å². The quantitative estimate of drug-likeness (QED) is 0.149. The Hall–Kier alpha value is -6.42. The fraction of sp³-hybridized carbons (Fsp3) is 0. The summed E-state index contributed by atoms with van der Waals surface area (Å²) < 4.78 is 12.2. The second-order valence-electron chi connectivity index (χ2n) is 10.3. The molecule has 0 spiro atoms. The Morgan fingerprint density at radius 1 is 0.455 bits per heavy atom. The van der Waals surface area contributed by atoms with Crippen molar-refractivity contribution in [3.63, 3.8) is 0 Å². The monoisotopic (exact) mass is 580 g/mol. The van der Waals surface area contributed by atoms with E-state index in [9.17, 15) is 20.2 Å². The summed E-state index contributed by atoms with van der Waals surface area (Å²) in [6, 6.07) is 35.4. The average Bonchev–Trinajstić information content (AvgIpc) is 3.04. The lowest BCUT2D eigenvalue weighted by molar-refractivity contribution is -0.384. The number of non-ortho nitro benzene ring substituents is 2. The number of ether oxygens (including phenoxy) is 2. The SMILES string of the molecule is O=[N+]([O-])c1cc(N2c3ccccc3Oc3ccccc32)cc2c([N+](=O)[O-])cc(N3c4ccccc4Oc4ccccc43)cc12. The summed E-state index contributed by atoms with van der Waals surface area (Å²) in [5.74, 6) is 2.23. The number of fused-ring (bicyclic) bond motifs is 5. The number of nitro groups is 2. The molecule has 0 bridgehead atoms. The van der Waals surface area contributed by atoms with Crippen LogP contribution >= 0.6 is 0 Å². The molecule has 2 heterocycles. The number of rotatable bonds is 4. The van der Waals surface area contributed by atoms with Crippen LogP contribution < -0.4 is 19.3 Å². The first-order chi connectivity index (χ1) is 21.5. The third kappa shape index (κ3) is 3.82. The molecule has 0 aliphatic carbocycles. The molecule has 10 heteroatoms. The highest BCUT2D eigenvalue weighted by Gasteiger charge is 2.32.